The number of nitriles is 1. The fourth-order valence-corrected chi connectivity index (χ4v) is 6.38. The van der Waals surface area contributed by atoms with Gasteiger partial charge in [-0.05, 0) is 25.7 Å². The molecule has 0 atom stereocenters. The Balaban J connectivity index is 2.02. The second kappa shape index (κ2) is 5.38. The van der Waals surface area contributed by atoms with Crippen molar-refractivity contribution in [2.75, 3.05) is 24.6 Å². The van der Waals surface area contributed by atoms with Crippen molar-refractivity contribution in [1.82, 2.24) is 4.31 Å². The molecule has 0 N–H and O–H groups in total. The van der Waals surface area contributed by atoms with E-state index in [1.54, 1.807) is 0 Å². The molecule has 0 unspecified atom stereocenters. The van der Waals surface area contributed by atoms with Crippen LogP contribution in [0.5, 0.6) is 0 Å². The lowest BCUT2D eigenvalue weighted by Crippen LogP contribution is -2.45. The molecule has 2 fully saturated rings. The van der Waals surface area contributed by atoms with E-state index in [0.717, 1.165) is 0 Å². The molecule has 2 rings (SSSR count). The van der Waals surface area contributed by atoms with Crippen LogP contribution < -0.4 is 0 Å². The molecule has 6 nitrogen and oxygen atoms in total. The highest BCUT2D eigenvalue weighted by Crippen LogP contribution is 2.26. The zero-order valence-electron chi connectivity index (χ0n) is 10.7. The summed E-state index contributed by atoms with van der Waals surface area (Å²) in [7, 11) is -6.45. The van der Waals surface area contributed by atoms with E-state index in [0.29, 0.717) is 25.9 Å². The van der Waals surface area contributed by atoms with E-state index < -0.39 is 25.1 Å². The maximum atomic E-state index is 12.4. The van der Waals surface area contributed by atoms with E-state index in [1.807, 2.05) is 0 Å². The van der Waals surface area contributed by atoms with Gasteiger partial charge in [0.2, 0.25) is 10.0 Å². The lowest BCUT2D eigenvalue weighted by Gasteiger charge is -2.33. The van der Waals surface area contributed by atoms with Gasteiger partial charge in [0.05, 0.1) is 22.8 Å². The summed E-state index contributed by atoms with van der Waals surface area (Å²) in [6.07, 6.45) is 1.53. The van der Waals surface area contributed by atoms with Crippen LogP contribution in [-0.2, 0) is 19.9 Å². The maximum absolute atomic E-state index is 12.4. The Labute approximate surface area is 114 Å². The van der Waals surface area contributed by atoms with E-state index in [4.69, 9.17) is 5.26 Å². The molecular formula is C11H18N2O4S2. The predicted molar refractivity (Wildman–Crippen MR) is 70.5 cm³/mol. The average molecular weight is 306 g/mol. The summed E-state index contributed by atoms with van der Waals surface area (Å²) < 4.78 is 48.9. The first-order valence-corrected chi connectivity index (χ1v) is 9.76. The van der Waals surface area contributed by atoms with Crippen LogP contribution in [0.25, 0.3) is 0 Å². The molecule has 8 heteroatoms. The average Bonchev–Trinajstić information content (AvgIpc) is 2.38. The number of hydrogen-bond donors (Lipinski definition) is 0. The Morgan fingerprint density at radius 2 is 1.58 bits per heavy atom. The van der Waals surface area contributed by atoms with Crippen LogP contribution in [0.1, 0.15) is 25.7 Å². The summed E-state index contributed by atoms with van der Waals surface area (Å²) in [5.41, 5.74) is 0. The van der Waals surface area contributed by atoms with E-state index in [9.17, 15) is 16.8 Å². The summed E-state index contributed by atoms with van der Waals surface area (Å²) >= 11 is 0. The van der Waals surface area contributed by atoms with Crippen LogP contribution in [0, 0.1) is 17.2 Å². The fourth-order valence-electron chi connectivity index (χ4n) is 2.62. The monoisotopic (exact) mass is 306 g/mol. The number of piperidine rings is 1. The first-order valence-electron chi connectivity index (χ1n) is 6.44. The number of sulfonamides is 1. The molecule has 0 aromatic carbocycles. The number of nitrogens with zero attached hydrogens (tertiary/aromatic N) is 2. The summed E-state index contributed by atoms with van der Waals surface area (Å²) in [6, 6.07) is 2.17. The smallest absolute Gasteiger partial charge is 0.217 e. The van der Waals surface area contributed by atoms with E-state index in [-0.39, 0.29) is 30.3 Å². The van der Waals surface area contributed by atoms with Crippen molar-refractivity contribution in [2.45, 2.75) is 30.9 Å². The van der Waals surface area contributed by atoms with Gasteiger partial charge in [-0.15, -0.1) is 0 Å². The van der Waals surface area contributed by atoms with Gasteiger partial charge in [0.15, 0.2) is 0 Å². The molecular weight excluding hydrogens is 288 g/mol. The quantitative estimate of drug-likeness (QED) is 0.722. The number of rotatable bonds is 2. The summed E-state index contributed by atoms with van der Waals surface area (Å²) in [4.78, 5) is 0. The number of sulfone groups is 1. The van der Waals surface area contributed by atoms with Gasteiger partial charge in [-0.25, -0.2) is 21.1 Å². The highest BCUT2D eigenvalue weighted by Gasteiger charge is 2.38. The summed E-state index contributed by atoms with van der Waals surface area (Å²) in [6.45, 7) is 0.758. The molecule has 0 aromatic rings. The van der Waals surface area contributed by atoms with Crippen molar-refractivity contribution in [1.29, 1.82) is 5.26 Å². The molecule has 0 radical (unpaired) electrons. The summed E-state index contributed by atoms with van der Waals surface area (Å²) in [5, 5.41) is 8.23. The van der Waals surface area contributed by atoms with Gasteiger partial charge in [-0.2, -0.15) is 5.26 Å². The zero-order chi connectivity index (χ0) is 14.1. The molecule has 2 aliphatic heterocycles. The minimum Gasteiger partial charge on any atom is -0.229 e. The largest absolute Gasteiger partial charge is 0.229 e. The highest BCUT2D eigenvalue weighted by molar-refractivity contribution is 7.92. The first kappa shape index (κ1) is 14.8. The van der Waals surface area contributed by atoms with E-state index in [1.165, 1.54) is 4.31 Å². The Morgan fingerprint density at radius 1 is 1.05 bits per heavy atom. The van der Waals surface area contributed by atoms with E-state index in [2.05, 4.69) is 6.07 Å². The second-order valence-electron chi connectivity index (χ2n) is 5.20. The van der Waals surface area contributed by atoms with Crippen molar-refractivity contribution < 1.29 is 16.8 Å². The molecule has 2 heterocycles. The van der Waals surface area contributed by atoms with Gasteiger partial charge >= 0.3 is 0 Å². The Bertz CT molecular complexity index is 554. The third-order valence-corrected chi connectivity index (χ3v) is 8.03. The molecule has 108 valence electrons. The normalized spacial score (nSPS) is 26.9. The van der Waals surface area contributed by atoms with Crippen molar-refractivity contribution in [3.8, 4) is 6.07 Å². The molecule has 0 amide bonds. The number of hydrogen-bond acceptors (Lipinski definition) is 5. The standard InChI is InChI=1S/C11H18N2O4S2/c12-9-10-1-5-13(6-2-10)19(16,17)11-3-7-18(14,15)8-4-11/h10-11H,1-8H2. The van der Waals surface area contributed by atoms with Crippen LogP contribution in [0.3, 0.4) is 0 Å². The lowest BCUT2D eigenvalue weighted by molar-refractivity contribution is 0.305. The molecule has 0 saturated carbocycles. The van der Waals surface area contributed by atoms with Gasteiger partial charge in [-0.3, -0.25) is 0 Å². The van der Waals surface area contributed by atoms with Crippen LogP contribution in [-0.4, -0.2) is 51.0 Å². The first-order chi connectivity index (χ1) is 8.85. The highest BCUT2D eigenvalue weighted by atomic mass is 32.2. The Kier molecular flexibility index (Phi) is 4.18. The molecule has 0 spiro atoms. The zero-order valence-corrected chi connectivity index (χ0v) is 12.3. The SMILES string of the molecule is N#CC1CCN(S(=O)(=O)C2CCS(=O)(=O)CC2)CC1. The van der Waals surface area contributed by atoms with Gasteiger partial charge in [-0.1, -0.05) is 0 Å². The van der Waals surface area contributed by atoms with E-state index >= 15 is 0 Å². The molecule has 19 heavy (non-hydrogen) atoms. The van der Waals surface area contributed by atoms with Gasteiger partial charge < -0.3 is 0 Å². The third kappa shape index (κ3) is 3.27. The molecule has 2 aliphatic rings. The lowest BCUT2D eigenvalue weighted by atomic mass is 10.0. The minimum atomic E-state index is -3.41. The fraction of sp³-hybridized carbons (Fsp3) is 0.909. The van der Waals surface area contributed by atoms with Crippen molar-refractivity contribution in [3.05, 3.63) is 0 Å². The Hall–Kier alpha value is -0.650. The van der Waals surface area contributed by atoms with Crippen molar-refractivity contribution in [2.24, 2.45) is 5.92 Å². The molecule has 0 bridgehead atoms. The summed E-state index contributed by atoms with van der Waals surface area (Å²) in [5.74, 6) is -0.130. The van der Waals surface area contributed by atoms with Gasteiger partial charge in [0, 0.05) is 19.0 Å². The predicted octanol–water partition coefficient (Wildman–Crippen LogP) is 0.129. The molecule has 2 saturated heterocycles. The van der Waals surface area contributed by atoms with Crippen LogP contribution >= 0.6 is 0 Å². The Morgan fingerprint density at radius 3 is 2.05 bits per heavy atom. The second-order valence-corrected chi connectivity index (χ2v) is 9.72. The molecule has 0 aromatic heterocycles. The topological polar surface area (TPSA) is 95.3 Å². The maximum Gasteiger partial charge on any atom is 0.217 e. The van der Waals surface area contributed by atoms with Crippen molar-refractivity contribution >= 4 is 19.9 Å². The molecule has 0 aliphatic carbocycles. The van der Waals surface area contributed by atoms with Crippen LogP contribution in [0.2, 0.25) is 0 Å². The van der Waals surface area contributed by atoms with Crippen LogP contribution in [0.15, 0.2) is 0 Å². The minimum absolute atomic E-state index is 0.0362. The third-order valence-electron chi connectivity index (χ3n) is 3.92. The van der Waals surface area contributed by atoms with Gasteiger partial charge in [0.25, 0.3) is 0 Å². The van der Waals surface area contributed by atoms with Crippen molar-refractivity contribution in [3.63, 3.8) is 0 Å². The van der Waals surface area contributed by atoms with Gasteiger partial charge in [0.1, 0.15) is 9.84 Å². The van der Waals surface area contributed by atoms with Crippen LogP contribution in [0.4, 0.5) is 0 Å².